The van der Waals surface area contributed by atoms with Gasteiger partial charge in [-0.15, -0.1) is 0 Å². The second kappa shape index (κ2) is 6.51. The first-order valence-corrected chi connectivity index (χ1v) is 10.0. The van der Waals surface area contributed by atoms with Gasteiger partial charge in [0.1, 0.15) is 0 Å². The number of nitrogens with zero attached hydrogens (tertiary/aromatic N) is 1. The van der Waals surface area contributed by atoms with Crippen molar-refractivity contribution in [1.82, 2.24) is 9.88 Å². The maximum Gasteiger partial charge on any atom is 0.253 e. The molecule has 0 saturated heterocycles. The van der Waals surface area contributed by atoms with Crippen LogP contribution in [-0.2, 0) is 6.54 Å². The molecule has 0 aliphatic heterocycles. The third kappa shape index (κ3) is 3.06. The first-order valence-electron chi connectivity index (χ1n) is 9.27. The molecule has 134 valence electrons. The number of hydrogen-bond acceptors (Lipinski definition) is 1. The lowest BCUT2D eigenvalue weighted by atomic mass is 9.61. The number of hydrogen-bond donors (Lipinski definition) is 1. The topological polar surface area (TPSA) is 34.0 Å². The molecular weight excluding hydrogens is 355 g/mol. The van der Waals surface area contributed by atoms with E-state index in [9.17, 15) is 4.79 Å². The quantitative estimate of drug-likeness (QED) is 0.730. The van der Waals surface area contributed by atoms with Gasteiger partial charge in [0.05, 0.1) is 16.1 Å². The molecule has 25 heavy (non-hydrogen) atoms. The van der Waals surface area contributed by atoms with E-state index in [0.29, 0.717) is 21.0 Å². The molecule has 3 aliphatic carbocycles. The summed E-state index contributed by atoms with van der Waals surface area (Å²) in [6.07, 6.45) is 9.65. The predicted molar refractivity (Wildman–Crippen MR) is 104 cm³/mol. The SMILES string of the molecule is CCn1cc(C(=O)NCC23CCC(CC2)CC3)c2c(Cl)cc(Cl)cc21. The Balaban J connectivity index is 1.60. The van der Waals surface area contributed by atoms with Crippen LogP contribution in [0.2, 0.25) is 10.0 Å². The van der Waals surface area contributed by atoms with Crippen LogP contribution in [-0.4, -0.2) is 17.0 Å². The zero-order valence-corrected chi connectivity index (χ0v) is 16.1. The van der Waals surface area contributed by atoms with Gasteiger partial charge in [0, 0.05) is 29.7 Å². The van der Waals surface area contributed by atoms with Crippen LogP contribution in [0.3, 0.4) is 0 Å². The summed E-state index contributed by atoms with van der Waals surface area (Å²) in [5, 5.41) is 5.14. The average molecular weight is 379 g/mol. The van der Waals surface area contributed by atoms with Crippen LogP contribution in [0.4, 0.5) is 0 Å². The van der Waals surface area contributed by atoms with Crippen molar-refractivity contribution >= 4 is 40.0 Å². The number of rotatable bonds is 4. The minimum absolute atomic E-state index is 0.0245. The van der Waals surface area contributed by atoms with E-state index in [1.807, 2.05) is 16.8 Å². The standard InChI is InChI=1S/C20H24Cl2N2O/c1-2-24-11-15(18-16(22)9-14(21)10-17(18)24)19(25)23-12-20-6-3-13(4-7-20)5-8-20/h9-11,13H,2-8,12H2,1H3,(H,23,25). The highest BCUT2D eigenvalue weighted by atomic mass is 35.5. The van der Waals surface area contributed by atoms with Gasteiger partial charge in [-0.3, -0.25) is 4.79 Å². The van der Waals surface area contributed by atoms with Gasteiger partial charge < -0.3 is 9.88 Å². The van der Waals surface area contributed by atoms with Crippen LogP contribution in [0.1, 0.15) is 55.8 Å². The fourth-order valence-electron chi connectivity index (χ4n) is 4.74. The first kappa shape index (κ1) is 17.2. The van der Waals surface area contributed by atoms with Crippen LogP contribution >= 0.6 is 23.2 Å². The van der Waals surface area contributed by atoms with E-state index in [0.717, 1.165) is 29.9 Å². The van der Waals surface area contributed by atoms with Crippen LogP contribution in [0, 0.1) is 11.3 Å². The van der Waals surface area contributed by atoms with Crippen molar-refractivity contribution in [2.45, 2.75) is 52.0 Å². The van der Waals surface area contributed by atoms with Crippen LogP contribution in [0.25, 0.3) is 10.9 Å². The van der Waals surface area contributed by atoms with Gasteiger partial charge in [0.2, 0.25) is 0 Å². The Bertz CT molecular complexity index is 805. The summed E-state index contributed by atoms with van der Waals surface area (Å²) in [7, 11) is 0. The Labute approximate surface area is 158 Å². The second-order valence-corrected chi connectivity index (χ2v) is 8.62. The van der Waals surface area contributed by atoms with Gasteiger partial charge in [-0.2, -0.15) is 0 Å². The molecule has 0 unspecified atom stereocenters. The van der Waals surface area contributed by atoms with Crippen molar-refractivity contribution in [1.29, 1.82) is 0 Å². The van der Waals surface area contributed by atoms with Crippen LogP contribution < -0.4 is 5.32 Å². The Morgan fingerprint density at radius 2 is 1.92 bits per heavy atom. The second-order valence-electron chi connectivity index (χ2n) is 7.78. The van der Waals surface area contributed by atoms with Crippen molar-refractivity contribution in [3.63, 3.8) is 0 Å². The molecule has 3 fully saturated rings. The van der Waals surface area contributed by atoms with E-state index in [4.69, 9.17) is 23.2 Å². The van der Waals surface area contributed by atoms with Crippen molar-refractivity contribution in [3.05, 3.63) is 33.9 Å². The summed E-state index contributed by atoms with van der Waals surface area (Å²) in [5.74, 6) is 0.909. The zero-order valence-electron chi connectivity index (χ0n) is 14.6. The Morgan fingerprint density at radius 3 is 2.56 bits per heavy atom. The number of carbonyl (C=O) groups excluding carboxylic acids is 1. The molecule has 3 saturated carbocycles. The third-order valence-corrected chi connectivity index (χ3v) is 6.87. The molecule has 2 bridgehead atoms. The molecular formula is C20H24Cl2N2O. The molecule has 0 atom stereocenters. The summed E-state index contributed by atoms with van der Waals surface area (Å²) in [5.41, 5.74) is 1.89. The highest BCUT2D eigenvalue weighted by molar-refractivity contribution is 6.39. The van der Waals surface area contributed by atoms with E-state index >= 15 is 0 Å². The van der Waals surface area contributed by atoms with Gasteiger partial charge in [-0.25, -0.2) is 0 Å². The summed E-state index contributed by atoms with van der Waals surface area (Å²) in [4.78, 5) is 12.9. The van der Waals surface area contributed by atoms with Crippen LogP contribution in [0.15, 0.2) is 18.3 Å². The minimum atomic E-state index is -0.0245. The minimum Gasteiger partial charge on any atom is -0.351 e. The number of carbonyl (C=O) groups is 1. The highest BCUT2D eigenvalue weighted by Gasteiger charge is 2.40. The number of aromatic nitrogens is 1. The van der Waals surface area contributed by atoms with Crippen molar-refractivity contribution in [2.75, 3.05) is 6.54 Å². The monoisotopic (exact) mass is 378 g/mol. The lowest BCUT2D eigenvalue weighted by Crippen LogP contribution is -2.43. The lowest BCUT2D eigenvalue weighted by Gasteiger charge is -2.46. The predicted octanol–water partition coefficient (Wildman–Crippen LogP) is 5.67. The molecule has 0 radical (unpaired) electrons. The smallest absolute Gasteiger partial charge is 0.253 e. The molecule has 0 spiro atoms. The van der Waals surface area contributed by atoms with E-state index in [1.54, 1.807) is 6.07 Å². The van der Waals surface area contributed by atoms with Crippen molar-refractivity contribution < 1.29 is 4.79 Å². The fourth-order valence-corrected chi connectivity index (χ4v) is 5.33. The number of nitrogens with one attached hydrogen (secondary N) is 1. The molecule has 3 aliphatic rings. The molecule has 1 aromatic carbocycles. The Morgan fingerprint density at radius 1 is 1.24 bits per heavy atom. The largest absolute Gasteiger partial charge is 0.351 e. The number of aryl methyl sites for hydroxylation is 1. The summed E-state index contributed by atoms with van der Waals surface area (Å²) in [6, 6.07) is 3.59. The van der Waals surface area contributed by atoms with Gasteiger partial charge in [-0.1, -0.05) is 23.2 Å². The Hall–Kier alpha value is -1.19. The number of amides is 1. The normalized spacial score (nSPS) is 25.5. The molecule has 2 aromatic rings. The Kier molecular flexibility index (Phi) is 4.49. The molecule has 5 rings (SSSR count). The molecule has 1 N–H and O–H groups in total. The average Bonchev–Trinajstić information content (AvgIpc) is 3.00. The van der Waals surface area contributed by atoms with E-state index in [2.05, 4.69) is 12.2 Å². The molecule has 5 heteroatoms. The number of benzene rings is 1. The molecule has 3 nitrogen and oxygen atoms in total. The molecule has 1 amide bonds. The molecule has 1 heterocycles. The highest BCUT2D eigenvalue weighted by Crippen LogP contribution is 2.49. The van der Waals surface area contributed by atoms with Gasteiger partial charge in [0.15, 0.2) is 0 Å². The van der Waals surface area contributed by atoms with Crippen molar-refractivity contribution in [2.24, 2.45) is 11.3 Å². The number of halogens is 2. The third-order valence-electron chi connectivity index (χ3n) is 6.36. The fraction of sp³-hybridized carbons (Fsp3) is 0.550. The first-order chi connectivity index (χ1) is 12.0. The maximum absolute atomic E-state index is 12.9. The lowest BCUT2D eigenvalue weighted by molar-refractivity contribution is 0.0598. The summed E-state index contributed by atoms with van der Waals surface area (Å²) < 4.78 is 2.03. The summed E-state index contributed by atoms with van der Waals surface area (Å²) >= 11 is 12.6. The summed E-state index contributed by atoms with van der Waals surface area (Å²) in [6.45, 7) is 3.60. The van der Waals surface area contributed by atoms with Gasteiger partial charge in [-0.05, 0) is 68.9 Å². The maximum atomic E-state index is 12.9. The number of fused-ring (bicyclic) bond motifs is 4. The van der Waals surface area contributed by atoms with Crippen LogP contribution in [0.5, 0.6) is 0 Å². The van der Waals surface area contributed by atoms with E-state index in [1.165, 1.54) is 38.5 Å². The van der Waals surface area contributed by atoms with E-state index < -0.39 is 0 Å². The van der Waals surface area contributed by atoms with Gasteiger partial charge in [0.25, 0.3) is 5.91 Å². The van der Waals surface area contributed by atoms with Crippen molar-refractivity contribution in [3.8, 4) is 0 Å². The molecule has 1 aromatic heterocycles. The van der Waals surface area contributed by atoms with E-state index in [-0.39, 0.29) is 5.91 Å². The zero-order chi connectivity index (χ0) is 17.6. The van der Waals surface area contributed by atoms with Gasteiger partial charge >= 0.3 is 0 Å².